The predicted molar refractivity (Wildman–Crippen MR) is 57.2 cm³/mol. The van der Waals surface area contributed by atoms with Gasteiger partial charge in [-0.3, -0.25) is 0 Å². The molecule has 0 aliphatic carbocycles. The van der Waals surface area contributed by atoms with Gasteiger partial charge in [0.2, 0.25) is 0 Å². The summed E-state index contributed by atoms with van der Waals surface area (Å²) in [7, 11) is -1.41. The molecule has 0 spiro atoms. The highest BCUT2D eigenvalue weighted by molar-refractivity contribution is 6.73. The van der Waals surface area contributed by atoms with E-state index in [2.05, 4.69) is 43.4 Å². The predicted octanol–water partition coefficient (Wildman–Crippen LogP) is 2.93. The minimum atomic E-state index is -1.41. The molecule has 70 valence electrons. The van der Waals surface area contributed by atoms with E-state index in [-0.39, 0.29) is 0 Å². The SMILES string of the molecule is C[Si]1(C)OCCC1c1ccccc1. The van der Waals surface area contributed by atoms with Crippen molar-refractivity contribution < 1.29 is 4.43 Å². The summed E-state index contributed by atoms with van der Waals surface area (Å²) in [5.74, 6) is 0. The molecule has 1 heterocycles. The van der Waals surface area contributed by atoms with Crippen molar-refractivity contribution in [3.05, 3.63) is 35.9 Å². The third-order valence-electron chi connectivity index (χ3n) is 2.92. The molecule has 0 saturated carbocycles. The minimum absolute atomic E-state index is 0.702. The number of hydrogen-bond donors (Lipinski definition) is 0. The van der Waals surface area contributed by atoms with Crippen LogP contribution in [0.1, 0.15) is 17.5 Å². The molecule has 0 radical (unpaired) electrons. The monoisotopic (exact) mass is 192 g/mol. The summed E-state index contributed by atoms with van der Waals surface area (Å²) >= 11 is 0. The Hall–Kier alpha value is -0.603. The Bertz CT molecular complexity index is 281. The zero-order valence-electron chi connectivity index (χ0n) is 8.29. The van der Waals surface area contributed by atoms with Gasteiger partial charge in [-0.05, 0) is 25.1 Å². The molecule has 1 fully saturated rings. The summed E-state index contributed by atoms with van der Waals surface area (Å²) in [4.78, 5) is 0. The molecule has 2 rings (SSSR count). The largest absolute Gasteiger partial charge is 0.417 e. The van der Waals surface area contributed by atoms with Gasteiger partial charge in [0.15, 0.2) is 8.32 Å². The van der Waals surface area contributed by atoms with Crippen LogP contribution in [0.5, 0.6) is 0 Å². The maximum Gasteiger partial charge on any atom is 0.194 e. The average Bonchev–Trinajstić information content (AvgIpc) is 2.47. The van der Waals surface area contributed by atoms with Gasteiger partial charge in [0, 0.05) is 12.1 Å². The molecule has 0 bridgehead atoms. The zero-order chi connectivity index (χ0) is 9.31. The molecular weight excluding hydrogens is 176 g/mol. The molecular formula is C11H16OSi. The lowest BCUT2D eigenvalue weighted by Gasteiger charge is -2.22. The zero-order valence-corrected chi connectivity index (χ0v) is 9.29. The molecule has 0 amide bonds. The molecule has 2 heteroatoms. The summed E-state index contributed by atoms with van der Waals surface area (Å²) in [5, 5.41) is 0. The molecule has 13 heavy (non-hydrogen) atoms. The maximum absolute atomic E-state index is 5.85. The quantitative estimate of drug-likeness (QED) is 0.622. The number of benzene rings is 1. The fraction of sp³-hybridized carbons (Fsp3) is 0.455. The maximum atomic E-state index is 5.85. The minimum Gasteiger partial charge on any atom is -0.417 e. The van der Waals surface area contributed by atoms with Gasteiger partial charge in [-0.15, -0.1) is 0 Å². The van der Waals surface area contributed by atoms with Crippen LogP contribution in [-0.2, 0) is 4.43 Å². The number of rotatable bonds is 1. The van der Waals surface area contributed by atoms with Gasteiger partial charge in [0.25, 0.3) is 0 Å². The van der Waals surface area contributed by atoms with Gasteiger partial charge in [0.05, 0.1) is 0 Å². The second kappa shape index (κ2) is 3.27. The van der Waals surface area contributed by atoms with Crippen molar-refractivity contribution in [1.82, 2.24) is 0 Å². The van der Waals surface area contributed by atoms with Crippen LogP contribution < -0.4 is 0 Å². The van der Waals surface area contributed by atoms with Crippen molar-refractivity contribution >= 4 is 8.32 Å². The van der Waals surface area contributed by atoms with Crippen LogP contribution in [0.2, 0.25) is 13.1 Å². The lowest BCUT2D eigenvalue weighted by molar-refractivity contribution is 0.350. The standard InChI is InChI=1S/C11H16OSi/c1-13(2)11(8-9-12-13)10-6-4-3-5-7-10/h3-7,11H,8-9H2,1-2H3. The van der Waals surface area contributed by atoms with Crippen LogP contribution in [0.3, 0.4) is 0 Å². The normalized spacial score (nSPS) is 26.2. The van der Waals surface area contributed by atoms with E-state index in [4.69, 9.17) is 4.43 Å². The van der Waals surface area contributed by atoms with Crippen LogP contribution >= 0.6 is 0 Å². The van der Waals surface area contributed by atoms with Crippen LogP contribution in [0.25, 0.3) is 0 Å². The van der Waals surface area contributed by atoms with Gasteiger partial charge in [-0.2, -0.15) is 0 Å². The van der Waals surface area contributed by atoms with Gasteiger partial charge >= 0.3 is 0 Å². The summed E-state index contributed by atoms with van der Waals surface area (Å²) in [5.41, 5.74) is 2.17. The van der Waals surface area contributed by atoms with E-state index in [9.17, 15) is 0 Å². The van der Waals surface area contributed by atoms with Gasteiger partial charge in [-0.25, -0.2) is 0 Å². The van der Waals surface area contributed by atoms with Crippen molar-refractivity contribution in [2.24, 2.45) is 0 Å². The first-order chi connectivity index (χ1) is 6.20. The molecule has 1 unspecified atom stereocenters. The molecule has 1 atom stereocenters. The number of hydrogen-bond acceptors (Lipinski definition) is 1. The van der Waals surface area contributed by atoms with Crippen LogP contribution in [0.4, 0.5) is 0 Å². The van der Waals surface area contributed by atoms with Crippen molar-refractivity contribution in [3.63, 3.8) is 0 Å². The Balaban J connectivity index is 2.27. The first-order valence-electron chi connectivity index (χ1n) is 4.89. The fourth-order valence-corrected chi connectivity index (χ4v) is 4.79. The third-order valence-corrected chi connectivity index (χ3v) is 6.17. The summed E-state index contributed by atoms with van der Waals surface area (Å²) in [6.07, 6.45) is 1.21. The van der Waals surface area contributed by atoms with Gasteiger partial charge in [0.1, 0.15) is 0 Å². The molecule has 0 N–H and O–H groups in total. The third kappa shape index (κ3) is 1.69. The van der Waals surface area contributed by atoms with E-state index < -0.39 is 8.32 Å². The highest BCUT2D eigenvalue weighted by Gasteiger charge is 2.39. The smallest absolute Gasteiger partial charge is 0.194 e. The summed E-state index contributed by atoms with van der Waals surface area (Å²) in [6, 6.07) is 10.8. The van der Waals surface area contributed by atoms with Gasteiger partial charge < -0.3 is 4.43 Å². The molecule has 1 nitrogen and oxygen atoms in total. The Morgan fingerprint density at radius 2 is 1.92 bits per heavy atom. The van der Waals surface area contributed by atoms with E-state index in [1.165, 1.54) is 12.0 Å². The van der Waals surface area contributed by atoms with Crippen molar-refractivity contribution in [1.29, 1.82) is 0 Å². The molecule has 0 aromatic heterocycles. The Morgan fingerprint density at radius 3 is 2.46 bits per heavy atom. The Labute approximate surface area is 80.9 Å². The van der Waals surface area contributed by atoms with Crippen LogP contribution in [-0.4, -0.2) is 14.9 Å². The highest BCUT2D eigenvalue weighted by atomic mass is 28.4. The van der Waals surface area contributed by atoms with E-state index in [0.717, 1.165) is 6.61 Å². The van der Waals surface area contributed by atoms with Gasteiger partial charge in [-0.1, -0.05) is 30.3 Å². The van der Waals surface area contributed by atoms with Crippen molar-refractivity contribution in [2.45, 2.75) is 25.1 Å². The van der Waals surface area contributed by atoms with Crippen LogP contribution in [0.15, 0.2) is 30.3 Å². The molecule has 1 aromatic rings. The van der Waals surface area contributed by atoms with E-state index >= 15 is 0 Å². The van der Waals surface area contributed by atoms with Crippen molar-refractivity contribution in [2.75, 3.05) is 6.61 Å². The van der Waals surface area contributed by atoms with E-state index in [0.29, 0.717) is 5.54 Å². The second-order valence-electron chi connectivity index (χ2n) is 4.20. The Morgan fingerprint density at radius 1 is 1.23 bits per heavy atom. The lowest BCUT2D eigenvalue weighted by atomic mass is 10.1. The molecule has 1 aliphatic heterocycles. The first-order valence-corrected chi connectivity index (χ1v) is 7.87. The average molecular weight is 192 g/mol. The van der Waals surface area contributed by atoms with E-state index in [1.807, 2.05) is 0 Å². The highest BCUT2D eigenvalue weighted by Crippen LogP contribution is 2.36. The summed E-state index contributed by atoms with van der Waals surface area (Å²) < 4.78 is 5.85. The molecule has 1 aliphatic rings. The lowest BCUT2D eigenvalue weighted by Crippen LogP contribution is -2.31. The molecule has 1 aromatic carbocycles. The first kappa shape index (κ1) is 8.97. The topological polar surface area (TPSA) is 9.23 Å². The molecule has 1 saturated heterocycles. The fourth-order valence-electron chi connectivity index (χ4n) is 2.14. The van der Waals surface area contributed by atoms with E-state index in [1.54, 1.807) is 0 Å². The van der Waals surface area contributed by atoms with Crippen molar-refractivity contribution in [3.8, 4) is 0 Å². The Kier molecular flexibility index (Phi) is 2.26. The van der Waals surface area contributed by atoms with Crippen LogP contribution in [0, 0.1) is 0 Å². The summed E-state index contributed by atoms with van der Waals surface area (Å²) in [6.45, 7) is 5.59. The second-order valence-corrected chi connectivity index (χ2v) is 8.40.